The Labute approximate surface area is 181 Å². The van der Waals surface area contributed by atoms with Crippen molar-refractivity contribution < 1.29 is 27.4 Å². The second kappa shape index (κ2) is 11.5. The average molecular weight is 461 g/mol. The molecule has 0 aliphatic carbocycles. The summed E-state index contributed by atoms with van der Waals surface area (Å²) in [6.07, 6.45) is -1.01. The average Bonchev–Trinajstić information content (AvgIpc) is 2.70. The van der Waals surface area contributed by atoms with Crippen molar-refractivity contribution in [3.05, 3.63) is 58.2 Å². The summed E-state index contributed by atoms with van der Waals surface area (Å²) in [5, 5.41) is 9.26. The molecule has 0 radical (unpaired) electrons. The zero-order valence-corrected chi connectivity index (χ0v) is 17.1. The number of ether oxygens (including phenoxy) is 3. The Bertz CT molecular complexity index is 894. The van der Waals surface area contributed by atoms with Crippen LogP contribution in [-0.2, 0) is 6.18 Å². The lowest BCUT2D eigenvalue weighted by Gasteiger charge is -2.10. The summed E-state index contributed by atoms with van der Waals surface area (Å²) in [4.78, 5) is 3.63. The van der Waals surface area contributed by atoms with Gasteiger partial charge < -0.3 is 14.2 Å². The van der Waals surface area contributed by atoms with Crippen LogP contribution in [0.3, 0.4) is 0 Å². The molecule has 0 atom stereocenters. The highest BCUT2D eigenvalue weighted by molar-refractivity contribution is 6.55. The van der Waals surface area contributed by atoms with Gasteiger partial charge in [0.05, 0.1) is 24.3 Å². The molecular formula is C20H17Cl2F3N2O3. The van der Waals surface area contributed by atoms with E-state index in [0.717, 1.165) is 12.3 Å². The second-order valence-corrected chi connectivity index (χ2v) is 6.87. The standard InChI is InChI=1S/C20H17Cl2F3N2O3/c21-18(22)7-10-28-16-4-5-17(14(11-16)12-26)29-8-1-2-9-30-19-6-3-15(13-27-19)20(23,24)25/h3-7,11,13H,1-2,8-10H2. The summed E-state index contributed by atoms with van der Waals surface area (Å²) in [5.74, 6) is 1.01. The molecule has 0 saturated heterocycles. The molecule has 160 valence electrons. The van der Waals surface area contributed by atoms with Gasteiger partial charge in [-0.3, -0.25) is 0 Å². The first-order valence-corrected chi connectivity index (χ1v) is 9.52. The van der Waals surface area contributed by atoms with E-state index in [1.165, 1.54) is 12.1 Å². The number of pyridine rings is 1. The lowest BCUT2D eigenvalue weighted by atomic mass is 10.2. The maximum absolute atomic E-state index is 12.5. The number of nitriles is 1. The summed E-state index contributed by atoms with van der Waals surface area (Å²) >= 11 is 11.0. The van der Waals surface area contributed by atoms with Crippen molar-refractivity contribution >= 4 is 23.2 Å². The third kappa shape index (κ3) is 8.01. The molecule has 0 aliphatic heterocycles. The highest BCUT2D eigenvalue weighted by Crippen LogP contribution is 2.29. The topological polar surface area (TPSA) is 64.4 Å². The van der Waals surface area contributed by atoms with Gasteiger partial charge in [0.2, 0.25) is 5.88 Å². The lowest BCUT2D eigenvalue weighted by Crippen LogP contribution is -2.07. The molecule has 0 fully saturated rings. The second-order valence-electron chi connectivity index (χ2n) is 5.86. The molecule has 30 heavy (non-hydrogen) atoms. The highest BCUT2D eigenvalue weighted by atomic mass is 35.5. The smallest absolute Gasteiger partial charge is 0.417 e. The minimum atomic E-state index is -4.43. The number of nitrogens with zero attached hydrogens (tertiary/aromatic N) is 2. The number of benzene rings is 1. The number of hydrogen-bond acceptors (Lipinski definition) is 5. The first kappa shape index (κ1) is 23.6. The Balaban J connectivity index is 1.72. The van der Waals surface area contributed by atoms with Gasteiger partial charge in [-0.1, -0.05) is 23.2 Å². The molecule has 0 spiro atoms. The summed E-state index contributed by atoms with van der Waals surface area (Å²) in [7, 11) is 0. The van der Waals surface area contributed by atoms with Crippen molar-refractivity contribution in [2.75, 3.05) is 19.8 Å². The Morgan fingerprint density at radius 2 is 1.80 bits per heavy atom. The van der Waals surface area contributed by atoms with Crippen LogP contribution in [0.25, 0.3) is 0 Å². The summed E-state index contributed by atoms with van der Waals surface area (Å²) in [5.41, 5.74) is -0.508. The zero-order chi connectivity index (χ0) is 22.0. The van der Waals surface area contributed by atoms with Gasteiger partial charge in [-0.2, -0.15) is 18.4 Å². The monoisotopic (exact) mass is 460 g/mol. The molecular weight excluding hydrogens is 444 g/mol. The van der Waals surface area contributed by atoms with E-state index in [-0.39, 0.29) is 23.6 Å². The number of hydrogen-bond donors (Lipinski definition) is 0. The Hall–Kier alpha value is -2.63. The molecule has 5 nitrogen and oxygen atoms in total. The molecule has 0 N–H and O–H groups in total. The molecule has 1 aromatic carbocycles. The van der Waals surface area contributed by atoms with Gasteiger partial charge in [0.15, 0.2) is 0 Å². The maximum atomic E-state index is 12.5. The zero-order valence-electron chi connectivity index (χ0n) is 15.6. The molecule has 0 amide bonds. The van der Waals surface area contributed by atoms with E-state index in [1.807, 2.05) is 6.07 Å². The molecule has 0 bridgehead atoms. The van der Waals surface area contributed by atoms with E-state index >= 15 is 0 Å². The fraction of sp³-hybridized carbons (Fsp3) is 0.300. The van der Waals surface area contributed by atoms with E-state index in [1.54, 1.807) is 18.2 Å². The van der Waals surface area contributed by atoms with Crippen LogP contribution in [0.15, 0.2) is 47.1 Å². The number of rotatable bonds is 10. The Morgan fingerprint density at radius 3 is 2.40 bits per heavy atom. The normalized spacial score (nSPS) is 10.8. The van der Waals surface area contributed by atoms with E-state index in [4.69, 9.17) is 37.4 Å². The summed E-state index contributed by atoms with van der Waals surface area (Å²) < 4.78 is 53.8. The third-order valence-electron chi connectivity index (χ3n) is 3.67. The van der Waals surface area contributed by atoms with Crippen LogP contribution in [-0.4, -0.2) is 24.8 Å². The first-order valence-electron chi connectivity index (χ1n) is 8.76. The minimum Gasteiger partial charge on any atom is -0.492 e. The van der Waals surface area contributed by atoms with Gasteiger partial charge in [0.25, 0.3) is 0 Å². The van der Waals surface area contributed by atoms with Gasteiger partial charge in [-0.15, -0.1) is 0 Å². The van der Waals surface area contributed by atoms with E-state index < -0.39 is 11.7 Å². The molecule has 2 rings (SSSR count). The van der Waals surface area contributed by atoms with Crippen LogP contribution in [0.5, 0.6) is 17.4 Å². The van der Waals surface area contributed by atoms with Gasteiger partial charge >= 0.3 is 6.18 Å². The first-order chi connectivity index (χ1) is 14.3. The molecule has 0 unspecified atom stereocenters. The molecule has 0 saturated carbocycles. The van der Waals surface area contributed by atoms with Crippen molar-refractivity contribution in [1.82, 2.24) is 4.98 Å². The lowest BCUT2D eigenvalue weighted by molar-refractivity contribution is -0.137. The van der Waals surface area contributed by atoms with Crippen molar-refractivity contribution in [2.45, 2.75) is 19.0 Å². The highest BCUT2D eigenvalue weighted by Gasteiger charge is 2.30. The van der Waals surface area contributed by atoms with Crippen LogP contribution in [0.2, 0.25) is 0 Å². The number of aromatic nitrogens is 1. The van der Waals surface area contributed by atoms with Crippen LogP contribution in [0, 0.1) is 11.3 Å². The molecule has 1 aromatic heterocycles. The van der Waals surface area contributed by atoms with Crippen molar-refractivity contribution in [2.24, 2.45) is 0 Å². The predicted molar refractivity (Wildman–Crippen MR) is 106 cm³/mol. The molecule has 0 aliphatic rings. The minimum absolute atomic E-state index is 0.0912. The SMILES string of the molecule is N#Cc1cc(OCC=C(Cl)Cl)ccc1OCCCCOc1ccc(C(F)(F)F)cn1. The van der Waals surface area contributed by atoms with Crippen LogP contribution in [0.4, 0.5) is 13.2 Å². The molecule has 10 heteroatoms. The van der Waals surface area contributed by atoms with Crippen molar-refractivity contribution in [3.63, 3.8) is 0 Å². The van der Waals surface area contributed by atoms with Crippen molar-refractivity contribution in [1.29, 1.82) is 5.26 Å². The number of unbranched alkanes of at least 4 members (excludes halogenated alkanes) is 1. The molecule has 2 aromatic rings. The Morgan fingerprint density at radius 1 is 1.07 bits per heavy atom. The molecule has 1 heterocycles. The van der Waals surface area contributed by atoms with Crippen molar-refractivity contribution in [3.8, 4) is 23.4 Å². The summed E-state index contributed by atoms with van der Waals surface area (Å²) in [6, 6.07) is 8.97. The largest absolute Gasteiger partial charge is 0.492 e. The fourth-order valence-corrected chi connectivity index (χ4v) is 2.34. The van der Waals surface area contributed by atoms with Crippen LogP contribution < -0.4 is 14.2 Å². The quantitative estimate of drug-likeness (QED) is 0.412. The van der Waals surface area contributed by atoms with Gasteiger partial charge in [-0.05, 0) is 37.1 Å². The number of halogens is 5. The third-order valence-corrected chi connectivity index (χ3v) is 3.98. The van der Waals surface area contributed by atoms with E-state index in [9.17, 15) is 18.4 Å². The summed E-state index contributed by atoms with van der Waals surface area (Å²) in [6.45, 7) is 0.779. The number of alkyl halides is 3. The van der Waals surface area contributed by atoms with Crippen LogP contribution >= 0.6 is 23.2 Å². The fourth-order valence-electron chi connectivity index (χ4n) is 2.21. The van der Waals surface area contributed by atoms with E-state index in [2.05, 4.69) is 4.98 Å². The Kier molecular flexibility index (Phi) is 9.09. The van der Waals surface area contributed by atoms with Gasteiger partial charge in [-0.25, -0.2) is 4.98 Å². The predicted octanol–water partition coefficient (Wildman–Crippen LogP) is 5.91. The van der Waals surface area contributed by atoms with Gasteiger partial charge in [0.1, 0.15) is 28.7 Å². The van der Waals surface area contributed by atoms with Crippen LogP contribution in [0.1, 0.15) is 24.0 Å². The van der Waals surface area contributed by atoms with E-state index in [0.29, 0.717) is 36.5 Å². The van der Waals surface area contributed by atoms with Gasteiger partial charge in [0, 0.05) is 18.3 Å². The maximum Gasteiger partial charge on any atom is 0.417 e.